The highest BCUT2D eigenvalue weighted by atomic mass is 16.5. The molecule has 0 spiro atoms. The summed E-state index contributed by atoms with van der Waals surface area (Å²) in [5.41, 5.74) is 1.32. The Bertz CT molecular complexity index is 381. The van der Waals surface area contributed by atoms with Gasteiger partial charge in [-0.25, -0.2) is 4.79 Å². The van der Waals surface area contributed by atoms with Crippen molar-refractivity contribution in [3.05, 3.63) is 35.9 Å². The fourth-order valence-electron chi connectivity index (χ4n) is 2.29. The van der Waals surface area contributed by atoms with Gasteiger partial charge in [-0.1, -0.05) is 30.3 Å². The number of amides is 2. The number of rotatable bonds is 6. The minimum absolute atomic E-state index is 0.0325. The zero-order valence-electron chi connectivity index (χ0n) is 10.8. The molecule has 1 atom stereocenters. The molecular weight excluding hydrogens is 228 g/mol. The van der Waals surface area contributed by atoms with Crippen LogP contribution < -0.4 is 5.32 Å². The lowest BCUT2D eigenvalue weighted by molar-refractivity contribution is 0.145. The summed E-state index contributed by atoms with van der Waals surface area (Å²) in [6.07, 6.45) is 2.00. The summed E-state index contributed by atoms with van der Waals surface area (Å²) < 4.78 is 5.04. The first kappa shape index (κ1) is 12.9. The van der Waals surface area contributed by atoms with Crippen LogP contribution in [0.1, 0.15) is 12.0 Å². The number of hydrogen-bond acceptors (Lipinski definition) is 2. The Morgan fingerprint density at radius 1 is 1.39 bits per heavy atom. The van der Waals surface area contributed by atoms with Gasteiger partial charge in [0.15, 0.2) is 0 Å². The summed E-state index contributed by atoms with van der Waals surface area (Å²) in [7, 11) is 1.66. The second-order valence-corrected chi connectivity index (χ2v) is 4.55. The third kappa shape index (κ3) is 3.23. The van der Waals surface area contributed by atoms with Crippen molar-refractivity contribution in [3.63, 3.8) is 0 Å². The molecule has 1 aliphatic heterocycles. The molecule has 18 heavy (non-hydrogen) atoms. The van der Waals surface area contributed by atoms with Crippen LogP contribution in [0.25, 0.3) is 0 Å². The van der Waals surface area contributed by atoms with Crippen LogP contribution in [0.15, 0.2) is 30.3 Å². The van der Waals surface area contributed by atoms with Gasteiger partial charge in [0.2, 0.25) is 0 Å². The van der Waals surface area contributed by atoms with E-state index in [1.165, 1.54) is 5.56 Å². The maximum Gasteiger partial charge on any atom is 0.317 e. The largest absolute Gasteiger partial charge is 0.383 e. The first-order chi connectivity index (χ1) is 8.81. The van der Waals surface area contributed by atoms with Gasteiger partial charge in [-0.2, -0.15) is 0 Å². The number of hydrogen-bond donors (Lipinski definition) is 1. The van der Waals surface area contributed by atoms with Gasteiger partial charge in [0.25, 0.3) is 0 Å². The lowest BCUT2D eigenvalue weighted by Gasteiger charge is -2.22. The highest BCUT2D eigenvalue weighted by molar-refractivity contribution is 5.76. The number of urea groups is 1. The fourth-order valence-corrected chi connectivity index (χ4v) is 2.29. The molecule has 2 amide bonds. The van der Waals surface area contributed by atoms with Crippen LogP contribution in [0.3, 0.4) is 0 Å². The maximum atomic E-state index is 11.7. The van der Waals surface area contributed by atoms with Crippen molar-refractivity contribution in [3.8, 4) is 0 Å². The molecule has 1 aliphatic rings. The lowest BCUT2D eigenvalue weighted by atomic mass is 10.1. The van der Waals surface area contributed by atoms with Crippen molar-refractivity contribution in [2.45, 2.75) is 18.9 Å². The van der Waals surface area contributed by atoms with E-state index >= 15 is 0 Å². The van der Waals surface area contributed by atoms with Gasteiger partial charge >= 0.3 is 6.03 Å². The van der Waals surface area contributed by atoms with E-state index in [1.54, 1.807) is 7.11 Å². The predicted octanol–water partition coefficient (Wildman–Crippen LogP) is 1.66. The molecule has 0 bridgehead atoms. The number of benzene rings is 1. The van der Waals surface area contributed by atoms with Gasteiger partial charge < -0.3 is 15.0 Å². The minimum Gasteiger partial charge on any atom is -0.383 e. The quantitative estimate of drug-likeness (QED) is 0.832. The summed E-state index contributed by atoms with van der Waals surface area (Å²) in [6.45, 7) is 2.01. The Balaban J connectivity index is 1.86. The summed E-state index contributed by atoms with van der Waals surface area (Å²) >= 11 is 0. The van der Waals surface area contributed by atoms with Crippen molar-refractivity contribution in [1.29, 1.82) is 0 Å². The third-order valence-electron chi connectivity index (χ3n) is 3.34. The zero-order chi connectivity index (χ0) is 12.8. The number of carbonyl (C=O) groups excluding carboxylic acids is 1. The summed E-state index contributed by atoms with van der Waals surface area (Å²) in [6, 6.07) is 10.7. The molecule has 4 nitrogen and oxygen atoms in total. The molecule has 1 aromatic rings. The molecule has 1 saturated heterocycles. The SMILES string of the molecule is COCCN1C(=O)NCC1CCc1ccccc1. The molecule has 98 valence electrons. The Morgan fingerprint density at radius 3 is 2.89 bits per heavy atom. The number of carbonyl (C=O) groups is 1. The molecule has 0 aromatic heterocycles. The van der Waals surface area contributed by atoms with Crippen molar-refractivity contribution in [2.24, 2.45) is 0 Å². The molecule has 4 heteroatoms. The number of methoxy groups -OCH3 is 1. The molecule has 0 saturated carbocycles. The van der Waals surface area contributed by atoms with Gasteiger partial charge in [0.05, 0.1) is 12.6 Å². The average Bonchev–Trinajstić information content (AvgIpc) is 2.76. The second-order valence-electron chi connectivity index (χ2n) is 4.55. The standard InChI is InChI=1S/C14H20N2O2/c1-18-10-9-16-13(11-15-14(16)17)8-7-12-5-3-2-4-6-12/h2-6,13H,7-11H2,1H3,(H,15,17). The summed E-state index contributed by atoms with van der Waals surface area (Å²) in [4.78, 5) is 13.5. The second kappa shape index (κ2) is 6.40. The number of aryl methyl sites for hydroxylation is 1. The maximum absolute atomic E-state index is 11.7. The number of nitrogens with one attached hydrogen (secondary N) is 1. The van der Waals surface area contributed by atoms with E-state index < -0.39 is 0 Å². The molecule has 1 N–H and O–H groups in total. The van der Waals surface area contributed by atoms with Gasteiger partial charge in [0.1, 0.15) is 0 Å². The number of nitrogens with zero attached hydrogens (tertiary/aromatic N) is 1. The summed E-state index contributed by atoms with van der Waals surface area (Å²) in [5.74, 6) is 0. The highest BCUT2D eigenvalue weighted by Gasteiger charge is 2.29. The van der Waals surface area contributed by atoms with Gasteiger partial charge in [-0.15, -0.1) is 0 Å². The van der Waals surface area contributed by atoms with Crippen molar-refractivity contribution in [2.75, 3.05) is 26.8 Å². The Morgan fingerprint density at radius 2 is 2.17 bits per heavy atom. The minimum atomic E-state index is 0.0325. The van der Waals surface area contributed by atoms with Crippen LogP contribution >= 0.6 is 0 Å². The molecular formula is C14H20N2O2. The molecule has 2 rings (SSSR count). The van der Waals surface area contributed by atoms with Crippen LogP contribution in [-0.2, 0) is 11.2 Å². The Labute approximate surface area is 108 Å². The van der Waals surface area contributed by atoms with E-state index in [0.29, 0.717) is 13.2 Å². The predicted molar refractivity (Wildman–Crippen MR) is 70.5 cm³/mol. The molecule has 0 radical (unpaired) electrons. The van der Waals surface area contributed by atoms with Crippen LogP contribution in [0, 0.1) is 0 Å². The van der Waals surface area contributed by atoms with E-state index in [2.05, 4.69) is 29.6 Å². The van der Waals surface area contributed by atoms with E-state index in [-0.39, 0.29) is 12.1 Å². The van der Waals surface area contributed by atoms with Crippen LogP contribution in [0.4, 0.5) is 4.79 Å². The van der Waals surface area contributed by atoms with Crippen molar-refractivity contribution < 1.29 is 9.53 Å². The number of ether oxygens (including phenoxy) is 1. The first-order valence-corrected chi connectivity index (χ1v) is 6.38. The van der Waals surface area contributed by atoms with Crippen molar-refractivity contribution in [1.82, 2.24) is 10.2 Å². The van der Waals surface area contributed by atoms with Gasteiger partial charge in [0, 0.05) is 20.2 Å². The highest BCUT2D eigenvalue weighted by Crippen LogP contribution is 2.14. The third-order valence-corrected chi connectivity index (χ3v) is 3.34. The zero-order valence-corrected chi connectivity index (χ0v) is 10.8. The van der Waals surface area contributed by atoms with E-state index in [1.807, 2.05) is 11.0 Å². The Kier molecular flexibility index (Phi) is 4.59. The van der Waals surface area contributed by atoms with Gasteiger partial charge in [-0.3, -0.25) is 0 Å². The van der Waals surface area contributed by atoms with Crippen molar-refractivity contribution >= 4 is 6.03 Å². The first-order valence-electron chi connectivity index (χ1n) is 6.38. The molecule has 1 heterocycles. The van der Waals surface area contributed by atoms with E-state index in [0.717, 1.165) is 19.4 Å². The van der Waals surface area contributed by atoms with E-state index in [4.69, 9.17) is 4.74 Å². The summed E-state index contributed by atoms with van der Waals surface area (Å²) in [5, 5.41) is 2.90. The normalized spacial score (nSPS) is 19.1. The van der Waals surface area contributed by atoms with Crippen LogP contribution in [0.2, 0.25) is 0 Å². The monoisotopic (exact) mass is 248 g/mol. The molecule has 1 unspecified atom stereocenters. The fraction of sp³-hybridized carbons (Fsp3) is 0.500. The van der Waals surface area contributed by atoms with E-state index in [9.17, 15) is 4.79 Å². The molecule has 1 aromatic carbocycles. The Hall–Kier alpha value is -1.55. The molecule has 0 aliphatic carbocycles. The van der Waals surface area contributed by atoms with Crippen LogP contribution in [-0.4, -0.2) is 43.8 Å². The van der Waals surface area contributed by atoms with Gasteiger partial charge in [-0.05, 0) is 18.4 Å². The topological polar surface area (TPSA) is 41.6 Å². The average molecular weight is 248 g/mol. The molecule has 1 fully saturated rings. The smallest absolute Gasteiger partial charge is 0.317 e. The van der Waals surface area contributed by atoms with Crippen LogP contribution in [0.5, 0.6) is 0 Å². The lowest BCUT2D eigenvalue weighted by Crippen LogP contribution is -2.37.